The van der Waals surface area contributed by atoms with Gasteiger partial charge in [0.05, 0.1) is 5.69 Å². The fraction of sp³-hybridized carbons (Fsp3) is 0.583. The van der Waals surface area contributed by atoms with Gasteiger partial charge < -0.3 is 16.0 Å². The number of carbonyl (C=O) groups is 2. The average molecular weight is 267 g/mol. The Balaban J connectivity index is 2.74. The summed E-state index contributed by atoms with van der Waals surface area (Å²) in [5.41, 5.74) is 6.18. The molecule has 0 fully saturated rings. The van der Waals surface area contributed by atoms with Gasteiger partial charge in [0.15, 0.2) is 5.69 Å². The highest BCUT2D eigenvalue weighted by atomic mass is 16.2. The summed E-state index contributed by atoms with van der Waals surface area (Å²) < 4.78 is 1.58. The number of nitrogens with zero attached hydrogens (tertiary/aromatic N) is 3. The Morgan fingerprint density at radius 1 is 1.53 bits per heavy atom. The maximum absolute atomic E-state index is 12.0. The van der Waals surface area contributed by atoms with Crippen molar-refractivity contribution < 1.29 is 9.59 Å². The van der Waals surface area contributed by atoms with E-state index in [4.69, 9.17) is 5.73 Å². The lowest BCUT2D eigenvalue weighted by Gasteiger charge is -2.20. The fourth-order valence-electron chi connectivity index (χ4n) is 1.59. The van der Waals surface area contributed by atoms with E-state index in [2.05, 4.69) is 10.4 Å². The van der Waals surface area contributed by atoms with E-state index in [1.165, 1.54) is 0 Å². The molecule has 0 aliphatic heterocycles. The molecule has 0 aliphatic carbocycles. The molecule has 1 aromatic heterocycles. The molecule has 1 unspecified atom stereocenters. The second-order valence-electron chi connectivity index (χ2n) is 4.34. The zero-order chi connectivity index (χ0) is 14.6. The van der Waals surface area contributed by atoms with Crippen molar-refractivity contribution in [3.05, 3.63) is 11.9 Å². The summed E-state index contributed by atoms with van der Waals surface area (Å²) >= 11 is 0. The Morgan fingerprint density at radius 2 is 2.16 bits per heavy atom. The van der Waals surface area contributed by atoms with E-state index in [9.17, 15) is 9.59 Å². The number of hydrogen-bond acceptors (Lipinski definition) is 4. The second-order valence-corrected chi connectivity index (χ2v) is 4.34. The van der Waals surface area contributed by atoms with Gasteiger partial charge in [-0.05, 0) is 20.8 Å². The number of hydrogen-bond donors (Lipinski definition) is 2. The van der Waals surface area contributed by atoms with Crippen LogP contribution in [0.15, 0.2) is 6.20 Å². The lowest BCUT2D eigenvalue weighted by atomic mass is 10.2. The summed E-state index contributed by atoms with van der Waals surface area (Å²) in [6, 6.07) is -0.608. The minimum atomic E-state index is -0.608. The predicted octanol–water partition coefficient (Wildman–Crippen LogP) is 0.0818. The number of carbonyl (C=O) groups excluding carboxylic acids is 2. The molecule has 1 aromatic rings. The summed E-state index contributed by atoms with van der Waals surface area (Å²) in [4.78, 5) is 25.4. The molecule has 1 rings (SSSR count). The molecular weight excluding hydrogens is 246 g/mol. The molecular formula is C12H21N5O2. The molecule has 7 nitrogen and oxygen atoms in total. The van der Waals surface area contributed by atoms with Gasteiger partial charge in [0.25, 0.3) is 5.91 Å². The number of rotatable bonds is 5. The highest BCUT2D eigenvalue weighted by Crippen LogP contribution is 2.09. The first kappa shape index (κ1) is 15.0. The van der Waals surface area contributed by atoms with E-state index in [-0.39, 0.29) is 11.6 Å². The van der Waals surface area contributed by atoms with E-state index in [0.717, 1.165) is 0 Å². The first-order chi connectivity index (χ1) is 8.90. The van der Waals surface area contributed by atoms with Crippen LogP contribution in [-0.2, 0) is 11.3 Å². The lowest BCUT2D eigenvalue weighted by molar-refractivity contribution is -0.131. The van der Waals surface area contributed by atoms with Gasteiger partial charge in [0, 0.05) is 26.3 Å². The van der Waals surface area contributed by atoms with Crippen molar-refractivity contribution in [2.75, 3.05) is 19.3 Å². The number of aryl methyl sites for hydroxylation is 1. The van der Waals surface area contributed by atoms with Crippen LogP contribution in [0.5, 0.6) is 0 Å². The van der Waals surface area contributed by atoms with Crippen LogP contribution in [0.2, 0.25) is 0 Å². The molecule has 3 N–H and O–H groups in total. The predicted molar refractivity (Wildman–Crippen MR) is 72.6 cm³/mol. The molecule has 0 bridgehead atoms. The number of anilines is 1. The number of aromatic nitrogens is 2. The molecule has 1 atom stereocenters. The second kappa shape index (κ2) is 6.21. The molecule has 0 aromatic carbocycles. The van der Waals surface area contributed by atoms with Gasteiger partial charge in [-0.15, -0.1) is 0 Å². The Morgan fingerprint density at radius 3 is 2.63 bits per heavy atom. The van der Waals surface area contributed by atoms with Crippen LogP contribution < -0.4 is 11.1 Å². The zero-order valence-electron chi connectivity index (χ0n) is 11.8. The zero-order valence-corrected chi connectivity index (χ0v) is 11.8. The summed E-state index contributed by atoms with van der Waals surface area (Å²) in [5.74, 6) is -0.584. The number of amides is 2. The smallest absolute Gasteiger partial charge is 0.274 e. The van der Waals surface area contributed by atoms with Crippen LogP contribution in [0, 0.1) is 0 Å². The first-order valence-corrected chi connectivity index (χ1v) is 6.29. The molecule has 0 saturated carbocycles. The summed E-state index contributed by atoms with van der Waals surface area (Å²) in [6.07, 6.45) is 1.60. The highest BCUT2D eigenvalue weighted by molar-refractivity contribution is 5.99. The third kappa shape index (κ3) is 3.46. The summed E-state index contributed by atoms with van der Waals surface area (Å²) in [5, 5.41) is 6.66. The van der Waals surface area contributed by atoms with Crippen LogP contribution in [0.4, 0.5) is 5.69 Å². The van der Waals surface area contributed by atoms with Crippen molar-refractivity contribution in [2.24, 2.45) is 0 Å². The van der Waals surface area contributed by atoms with Crippen LogP contribution in [-0.4, -0.2) is 46.1 Å². The standard InChI is InChI=1S/C12H21N5O2/c1-5-16(4)12(19)8(3)14-11(18)10-9(13)7-17(6-2)15-10/h7-8H,5-6,13H2,1-4H3,(H,14,18). The third-order valence-electron chi connectivity index (χ3n) is 2.90. The molecule has 19 heavy (non-hydrogen) atoms. The molecule has 1 heterocycles. The number of likely N-dealkylation sites (N-methyl/N-ethyl adjacent to an activating group) is 1. The van der Waals surface area contributed by atoms with Gasteiger partial charge >= 0.3 is 0 Å². The Labute approximate surface area is 112 Å². The van der Waals surface area contributed by atoms with Crippen molar-refractivity contribution in [3.8, 4) is 0 Å². The maximum atomic E-state index is 12.0. The normalized spacial score (nSPS) is 12.0. The maximum Gasteiger partial charge on any atom is 0.274 e. The van der Waals surface area contributed by atoms with E-state index in [1.807, 2.05) is 13.8 Å². The van der Waals surface area contributed by atoms with Gasteiger partial charge in [-0.2, -0.15) is 5.10 Å². The van der Waals surface area contributed by atoms with Crippen molar-refractivity contribution in [1.82, 2.24) is 20.0 Å². The van der Waals surface area contributed by atoms with Gasteiger partial charge in [-0.1, -0.05) is 0 Å². The Bertz CT molecular complexity index is 469. The first-order valence-electron chi connectivity index (χ1n) is 6.29. The van der Waals surface area contributed by atoms with E-state index >= 15 is 0 Å². The van der Waals surface area contributed by atoms with E-state index in [1.54, 1.807) is 29.7 Å². The summed E-state index contributed by atoms with van der Waals surface area (Å²) in [7, 11) is 1.69. The molecule has 7 heteroatoms. The van der Waals surface area contributed by atoms with Gasteiger partial charge in [0.2, 0.25) is 5.91 Å². The van der Waals surface area contributed by atoms with Crippen molar-refractivity contribution >= 4 is 17.5 Å². The topological polar surface area (TPSA) is 93.2 Å². The SMILES string of the molecule is CCN(C)C(=O)C(C)NC(=O)c1nn(CC)cc1N. The highest BCUT2D eigenvalue weighted by Gasteiger charge is 2.22. The van der Waals surface area contributed by atoms with Crippen LogP contribution in [0.1, 0.15) is 31.3 Å². The van der Waals surface area contributed by atoms with E-state index in [0.29, 0.717) is 18.8 Å². The van der Waals surface area contributed by atoms with Crippen LogP contribution >= 0.6 is 0 Å². The third-order valence-corrected chi connectivity index (χ3v) is 2.90. The molecule has 106 valence electrons. The van der Waals surface area contributed by atoms with E-state index < -0.39 is 11.9 Å². The number of nitrogens with two attached hydrogens (primary N) is 1. The van der Waals surface area contributed by atoms with Crippen molar-refractivity contribution in [3.63, 3.8) is 0 Å². The van der Waals surface area contributed by atoms with Crippen molar-refractivity contribution in [2.45, 2.75) is 33.4 Å². The monoisotopic (exact) mass is 267 g/mol. The van der Waals surface area contributed by atoms with Gasteiger partial charge in [-0.3, -0.25) is 14.3 Å². The molecule has 0 radical (unpaired) electrons. The van der Waals surface area contributed by atoms with Gasteiger partial charge in [-0.25, -0.2) is 0 Å². The number of nitrogens with one attached hydrogen (secondary N) is 1. The van der Waals surface area contributed by atoms with Gasteiger partial charge in [0.1, 0.15) is 6.04 Å². The fourth-order valence-corrected chi connectivity index (χ4v) is 1.59. The van der Waals surface area contributed by atoms with Crippen molar-refractivity contribution in [1.29, 1.82) is 0 Å². The average Bonchev–Trinajstić information content (AvgIpc) is 2.78. The lowest BCUT2D eigenvalue weighted by Crippen LogP contribution is -2.45. The number of nitrogen functional groups attached to an aromatic ring is 1. The Hall–Kier alpha value is -2.05. The largest absolute Gasteiger partial charge is 0.396 e. The summed E-state index contributed by atoms with van der Waals surface area (Å²) in [6.45, 7) is 6.62. The minimum absolute atomic E-state index is 0.149. The molecule has 0 spiro atoms. The molecule has 0 aliphatic rings. The molecule has 2 amide bonds. The Kier molecular flexibility index (Phi) is 4.91. The molecule has 0 saturated heterocycles. The van der Waals surface area contributed by atoms with Crippen LogP contribution in [0.3, 0.4) is 0 Å². The van der Waals surface area contributed by atoms with Crippen LogP contribution in [0.25, 0.3) is 0 Å². The minimum Gasteiger partial charge on any atom is -0.396 e. The quantitative estimate of drug-likeness (QED) is 0.790.